The highest BCUT2D eigenvalue weighted by atomic mass is 15.4. The molecule has 37 heavy (non-hydrogen) atoms. The van der Waals surface area contributed by atoms with Gasteiger partial charge in [0.15, 0.2) is 0 Å². The molecule has 2 aliphatic rings. The minimum atomic E-state index is 0.0394. The number of hydrogen-bond acceptors (Lipinski definition) is 8. The lowest BCUT2D eigenvalue weighted by atomic mass is 9.79. The Morgan fingerprint density at radius 3 is 1.27 bits per heavy atom. The monoisotopic (exact) mass is 516 g/mol. The Kier molecular flexibility index (Phi) is 9.05. The van der Waals surface area contributed by atoms with Gasteiger partial charge in [0.1, 0.15) is 0 Å². The fourth-order valence-electron chi connectivity index (χ4n) is 7.15. The van der Waals surface area contributed by atoms with E-state index in [1.165, 1.54) is 0 Å². The van der Waals surface area contributed by atoms with E-state index in [2.05, 4.69) is 89.7 Å². The van der Waals surface area contributed by atoms with Crippen LogP contribution >= 0.6 is 0 Å². The first-order valence-electron chi connectivity index (χ1n) is 14.7. The zero-order chi connectivity index (χ0) is 27.6. The van der Waals surface area contributed by atoms with Crippen molar-refractivity contribution in [1.82, 2.24) is 25.6 Å². The third kappa shape index (κ3) is 8.16. The molecule has 1 aromatic heterocycles. The number of nitrogens with zero attached hydrogens (tertiary/aromatic N) is 5. The third-order valence-electron chi connectivity index (χ3n) is 7.87. The van der Waals surface area contributed by atoms with Crippen LogP contribution in [0.3, 0.4) is 0 Å². The zero-order valence-electron chi connectivity index (χ0n) is 25.5. The Labute approximate surface area is 227 Å². The number of unbranched alkanes of at least 4 members (excludes halogenated alkanes) is 2. The minimum absolute atomic E-state index is 0.0394. The van der Waals surface area contributed by atoms with Crippen molar-refractivity contribution in [1.29, 1.82) is 0 Å². The van der Waals surface area contributed by atoms with Crippen LogP contribution in [0.1, 0.15) is 121 Å². The van der Waals surface area contributed by atoms with E-state index in [1.54, 1.807) is 0 Å². The number of piperidine rings is 2. The molecule has 2 aliphatic heterocycles. The van der Waals surface area contributed by atoms with E-state index in [9.17, 15) is 0 Å². The Hall–Kier alpha value is -1.67. The van der Waals surface area contributed by atoms with Crippen LogP contribution in [0.5, 0.6) is 0 Å². The van der Waals surface area contributed by atoms with Crippen LogP contribution in [-0.4, -0.2) is 62.3 Å². The minimum Gasteiger partial charge on any atom is -0.368 e. The second-order valence-electron chi connectivity index (χ2n) is 14.3. The summed E-state index contributed by atoms with van der Waals surface area (Å²) < 4.78 is 0. The summed E-state index contributed by atoms with van der Waals surface area (Å²) in [5, 5.41) is 7.66. The highest BCUT2D eigenvalue weighted by Crippen LogP contribution is 2.36. The molecule has 2 fully saturated rings. The number of aromatic nitrogens is 3. The zero-order valence-corrected chi connectivity index (χ0v) is 25.5. The van der Waals surface area contributed by atoms with Gasteiger partial charge in [-0.05, 0) is 93.9 Å². The molecule has 4 N–H and O–H groups in total. The van der Waals surface area contributed by atoms with E-state index >= 15 is 0 Å². The van der Waals surface area contributed by atoms with Crippen molar-refractivity contribution in [2.45, 2.75) is 155 Å². The van der Waals surface area contributed by atoms with Gasteiger partial charge in [-0.1, -0.05) is 26.7 Å². The van der Waals surface area contributed by atoms with Crippen molar-refractivity contribution in [3.8, 4) is 0 Å². The molecule has 0 bridgehead atoms. The summed E-state index contributed by atoms with van der Waals surface area (Å²) in [4.78, 5) is 19.5. The van der Waals surface area contributed by atoms with Gasteiger partial charge in [-0.2, -0.15) is 15.0 Å². The number of hydrogen-bond donors (Lipinski definition) is 3. The molecular formula is C29H56N8. The summed E-state index contributed by atoms with van der Waals surface area (Å²) in [6, 6.07) is 0.682. The topological polar surface area (TPSA) is 95.2 Å². The predicted molar refractivity (Wildman–Crippen MR) is 157 cm³/mol. The van der Waals surface area contributed by atoms with Gasteiger partial charge in [-0.25, -0.2) is 0 Å². The van der Waals surface area contributed by atoms with E-state index in [0.717, 1.165) is 76.4 Å². The Bertz CT molecular complexity index is 794. The van der Waals surface area contributed by atoms with Crippen molar-refractivity contribution < 1.29 is 0 Å². The Balaban J connectivity index is 2.02. The summed E-state index contributed by atoms with van der Waals surface area (Å²) in [5.41, 5.74) is 6.58. The van der Waals surface area contributed by atoms with E-state index in [-0.39, 0.29) is 22.2 Å². The molecular weight excluding hydrogens is 460 g/mol. The van der Waals surface area contributed by atoms with Crippen LogP contribution in [0, 0.1) is 0 Å². The molecule has 0 spiro atoms. The van der Waals surface area contributed by atoms with E-state index in [0.29, 0.717) is 18.0 Å². The van der Waals surface area contributed by atoms with Gasteiger partial charge in [0, 0.05) is 47.3 Å². The molecule has 0 radical (unpaired) electrons. The molecule has 0 saturated carbocycles. The second kappa shape index (κ2) is 11.2. The van der Waals surface area contributed by atoms with Gasteiger partial charge in [-0.15, -0.1) is 0 Å². The van der Waals surface area contributed by atoms with Crippen LogP contribution in [0.15, 0.2) is 0 Å². The maximum atomic E-state index is 6.42. The van der Waals surface area contributed by atoms with Crippen LogP contribution in [-0.2, 0) is 0 Å². The van der Waals surface area contributed by atoms with E-state index < -0.39 is 0 Å². The smallest absolute Gasteiger partial charge is 0.232 e. The van der Waals surface area contributed by atoms with Crippen molar-refractivity contribution >= 4 is 17.8 Å². The molecule has 8 nitrogen and oxygen atoms in total. The third-order valence-corrected chi connectivity index (χ3v) is 7.87. The summed E-state index contributed by atoms with van der Waals surface area (Å²) in [5.74, 6) is 1.80. The van der Waals surface area contributed by atoms with Gasteiger partial charge < -0.3 is 26.2 Å². The fourth-order valence-corrected chi connectivity index (χ4v) is 7.15. The average Bonchev–Trinajstić information content (AvgIpc) is 2.69. The molecule has 2 saturated heterocycles. The molecule has 0 amide bonds. The molecule has 1 aromatic rings. The van der Waals surface area contributed by atoms with Crippen LogP contribution in [0.2, 0.25) is 0 Å². The lowest BCUT2D eigenvalue weighted by Gasteiger charge is -2.50. The largest absolute Gasteiger partial charge is 0.368 e. The first-order chi connectivity index (χ1) is 17.1. The molecule has 0 unspecified atom stereocenters. The average molecular weight is 517 g/mol. The predicted octanol–water partition coefficient (Wildman–Crippen LogP) is 5.29. The maximum Gasteiger partial charge on any atom is 0.232 e. The summed E-state index contributed by atoms with van der Waals surface area (Å²) >= 11 is 0. The Morgan fingerprint density at radius 1 is 0.649 bits per heavy atom. The van der Waals surface area contributed by atoms with Crippen molar-refractivity contribution in [2.75, 3.05) is 28.6 Å². The highest BCUT2D eigenvalue weighted by molar-refractivity contribution is 5.45. The van der Waals surface area contributed by atoms with Gasteiger partial charge in [0.05, 0.1) is 0 Å². The molecule has 3 rings (SSSR count). The first-order valence-corrected chi connectivity index (χ1v) is 14.7. The standard InChI is InChI=1S/C29H56N8/c1-11-13-15-36(21-17-26(3,4)34-27(5,6)18-21)24-31-23(30)32-25(33-24)37(16-14-12-2)22-19-28(7,8)35-29(9,10)20-22/h21-22,34-35H,11-20H2,1-10H3,(H2,30,31,32,33). The second-order valence-corrected chi connectivity index (χ2v) is 14.3. The summed E-state index contributed by atoms with van der Waals surface area (Å²) in [6.45, 7) is 24.8. The number of anilines is 3. The molecule has 8 heteroatoms. The molecule has 0 aromatic carbocycles. The first kappa shape index (κ1) is 29.9. The molecule has 0 atom stereocenters. The fraction of sp³-hybridized carbons (Fsp3) is 0.897. The summed E-state index contributed by atoms with van der Waals surface area (Å²) in [6.07, 6.45) is 8.61. The molecule has 212 valence electrons. The highest BCUT2D eigenvalue weighted by Gasteiger charge is 2.42. The quantitative estimate of drug-likeness (QED) is 0.386. The number of nitrogens with two attached hydrogens (primary N) is 1. The van der Waals surface area contributed by atoms with Crippen LogP contribution in [0.25, 0.3) is 0 Å². The van der Waals surface area contributed by atoms with Crippen molar-refractivity contribution in [3.63, 3.8) is 0 Å². The van der Waals surface area contributed by atoms with Gasteiger partial charge in [-0.3, -0.25) is 0 Å². The lowest BCUT2D eigenvalue weighted by Crippen LogP contribution is -2.63. The maximum absolute atomic E-state index is 6.42. The van der Waals surface area contributed by atoms with Crippen LogP contribution in [0.4, 0.5) is 17.8 Å². The van der Waals surface area contributed by atoms with Gasteiger partial charge in [0.2, 0.25) is 17.8 Å². The van der Waals surface area contributed by atoms with Crippen molar-refractivity contribution in [2.24, 2.45) is 0 Å². The summed E-state index contributed by atoms with van der Waals surface area (Å²) in [7, 11) is 0. The van der Waals surface area contributed by atoms with Gasteiger partial charge >= 0.3 is 0 Å². The van der Waals surface area contributed by atoms with E-state index in [4.69, 9.17) is 20.7 Å². The number of nitrogens with one attached hydrogen (secondary N) is 2. The molecule has 3 heterocycles. The number of rotatable bonds is 10. The molecule has 0 aliphatic carbocycles. The lowest BCUT2D eigenvalue weighted by molar-refractivity contribution is 0.157. The van der Waals surface area contributed by atoms with E-state index in [1.807, 2.05) is 0 Å². The van der Waals surface area contributed by atoms with Crippen LogP contribution < -0.4 is 26.2 Å². The van der Waals surface area contributed by atoms with Gasteiger partial charge in [0.25, 0.3) is 0 Å². The van der Waals surface area contributed by atoms with Crippen molar-refractivity contribution in [3.05, 3.63) is 0 Å². The SMILES string of the molecule is CCCCN(c1nc(N)nc(N(CCCC)C2CC(C)(C)NC(C)(C)C2)n1)C1CC(C)(C)NC(C)(C)C1. The Morgan fingerprint density at radius 2 is 0.973 bits per heavy atom. The number of nitrogen functional groups attached to an aromatic ring is 1. The normalized spacial score (nSPS) is 23.1.